The Morgan fingerprint density at radius 2 is 1.89 bits per heavy atom. The second-order valence-electron chi connectivity index (χ2n) is 7.25. The number of halogens is 3. The molecule has 4 nitrogen and oxygen atoms in total. The molecule has 1 aliphatic rings. The zero-order valence-electron chi connectivity index (χ0n) is 15.4. The second-order valence-corrected chi connectivity index (χ2v) is 7.25. The van der Waals surface area contributed by atoms with E-state index < -0.39 is 11.7 Å². The molecule has 7 heteroatoms. The molecule has 0 unspecified atom stereocenters. The number of amides is 1. The van der Waals surface area contributed by atoms with Crippen molar-refractivity contribution in [1.82, 2.24) is 9.38 Å². The van der Waals surface area contributed by atoms with E-state index in [9.17, 15) is 18.0 Å². The molecule has 28 heavy (non-hydrogen) atoms. The van der Waals surface area contributed by atoms with Crippen LogP contribution in [-0.2, 0) is 17.4 Å². The number of aryl methyl sites for hydroxylation is 2. The quantitative estimate of drug-likeness (QED) is 0.661. The second kappa shape index (κ2) is 6.96. The summed E-state index contributed by atoms with van der Waals surface area (Å²) in [5.74, 6) is 0.376. The topological polar surface area (TPSA) is 46.4 Å². The molecule has 0 spiro atoms. The van der Waals surface area contributed by atoms with Gasteiger partial charge in [0.15, 0.2) is 0 Å². The largest absolute Gasteiger partial charge is 0.416 e. The van der Waals surface area contributed by atoms with Crippen molar-refractivity contribution >= 4 is 17.2 Å². The maximum atomic E-state index is 12.6. The lowest BCUT2D eigenvalue weighted by Crippen LogP contribution is -2.13. The van der Waals surface area contributed by atoms with Crippen LogP contribution >= 0.6 is 0 Å². The minimum atomic E-state index is -4.35. The van der Waals surface area contributed by atoms with E-state index in [1.165, 1.54) is 25.0 Å². The number of nitrogens with zero attached hydrogens (tertiary/aromatic N) is 2. The number of hydrogen-bond acceptors (Lipinski definition) is 2. The van der Waals surface area contributed by atoms with Gasteiger partial charge in [0.05, 0.1) is 16.9 Å². The van der Waals surface area contributed by atoms with E-state index in [2.05, 4.69) is 10.3 Å². The number of nitrogens with one attached hydrogen (secondary N) is 1. The predicted molar refractivity (Wildman–Crippen MR) is 100 cm³/mol. The lowest BCUT2D eigenvalue weighted by molar-refractivity contribution is -0.137. The lowest BCUT2D eigenvalue weighted by Gasteiger charge is -2.08. The predicted octanol–water partition coefficient (Wildman–Crippen LogP) is 5.11. The van der Waals surface area contributed by atoms with Crippen molar-refractivity contribution in [2.75, 3.05) is 5.32 Å². The van der Waals surface area contributed by atoms with Gasteiger partial charge >= 0.3 is 6.18 Å². The summed E-state index contributed by atoms with van der Waals surface area (Å²) in [6.07, 6.45) is 0.442. The average Bonchev–Trinajstić information content (AvgIpc) is 3.44. The highest BCUT2D eigenvalue weighted by Gasteiger charge is 2.30. The zero-order chi connectivity index (χ0) is 19.9. The van der Waals surface area contributed by atoms with Crippen molar-refractivity contribution in [3.05, 3.63) is 65.1 Å². The summed E-state index contributed by atoms with van der Waals surface area (Å²) >= 11 is 0. The molecule has 2 aromatic heterocycles. The highest BCUT2D eigenvalue weighted by atomic mass is 19.4. The summed E-state index contributed by atoms with van der Waals surface area (Å²) in [5.41, 5.74) is 3.77. The zero-order valence-corrected chi connectivity index (χ0v) is 15.4. The number of fused-ring (bicyclic) bond motifs is 1. The van der Waals surface area contributed by atoms with Gasteiger partial charge in [0.1, 0.15) is 5.65 Å². The van der Waals surface area contributed by atoms with Crippen molar-refractivity contribution in [2.24, 2.45) is 0 Å². The molecule has 0 radical (unpaired) electrons. The summed E-state index contributed by atoms with van der Waals surface area (Å²) in [4.78, 5) is 16.9. The smallest absolute Gasteiger partial charge is 0.325 e. The number of carbonyl (C=O) groups is 1. The Balaban J connectivity index is 1.39. The fourth-order valence-corrected chi connectivity index (χ4v) is 3.34. The molecular weight excluding hydrogens is 367 g/mol. The minimum Gasteiger partial charge on any atom is -0.325 e. The lowest BCUT2D eigenvalue weighted by atomic mass is 10.1. The summed E-state index contributed by atoms with van der Waals surface area (Å²) in [6.45, 7) is 2.03. The van der Waals surface area contributed by atoms with E-state index in [1.54, 1.807) is 0 Å². The first kappa shape index (κ1) is 18.5. The third-order valence-corrected chi connectivity index (χ3v) is 5.06. The van der Waals surface area contributed by atoms with Gasteiger partial charge in [0.2, 0.25) is 5.91 Å². The van der Waals surface area contributed by atoms with Crippen LogP contribution < -0.4 is 5.32 Å². The van der Waals surface area contributed by atoms with Crippen LogP contribution in [-0.4, -0.2) is 15.3 Å². The van der Waals surface area contributed by atoms with E-state index in [-0.39, 0.29) is 12.3 Å². The summed E-state index contributed by atoms with van der Waals surface area (Å²) < 4.78 is 39.8. The Bertz CT molecular complexity index is 1020. The van der Waals surface area contributed by atoms with E-state index in [1.807, 2.05) is 29.7 Å². The van der Waals surface area contributed by atoms with E-state index in [0.717, 1.165) is 29.2 Å². The first-order chi connectivity index (χ1) is 13.3. The van der Waals surface area contributed by atoms with E-state index in [0.29, 0.717) is 23.6 Å². The van der Waals surface area contributed by atoms with Gasteiger partial charge < -0.3 is 9.72 Å². The van der Waals surface area contributed by atoms with Gasteiger partial charge in [-0.2, -0.15) is 13.2 Å². The maximum absolute atomic E-state index is 12.6. The Morgan fingerprint density at radius 1 is 1.18 bits per heavy atom. The van der Waals surface area contributed by atoms with Crippen LogP contribution in [0.4, 0.5) is 18.9 Å². The van der Waals surface area contributed by atoms with Gasteiger partial charge in [-0.3, -0.25) is 4.79 Å². The summed E-state index contributed by atoms with van der Waals surface area (Å²) in [5, 5.41) is 2.85. The maximum Gasteiger partial charge on any atom is 0.416 e. The molecule has 2 heterocycles. The van der Waals surface area contributed by atoms with Crippen molar-refractivity contribution in [2.45, 2.75) is 44.7 Å². The normalized spacial score (nSPS) is 14.4. The standard InChI is InChI=1S/C21H20F3N3O/c1-13-20(15-5-6-15)26-18-10-9-17(12-27(13)18)25-19(28)11-4-14-2-7-16(8-3-14)21(22,23)24/h2-3,7-10,12,15H,4-6,11H2,1H3,(H,25,28). The Labute approximate surface area is 160 Å². The van der Waals surface area contributed by atoms with Gasteiger partial charge in [0, 0.05) is 24.2 Å². The van der Waals surface area contributed by atoms with Gasteiger partial charge in [-0.05, 0) is 56.0 Å². The molecule has 146 valence electrons. The van der Waals surface area contributed by atoms with Crippen LogP contribution in [0, 0.1) is 6.92 Å². The number of anilines is 1. The summed E-state index contributed by atoms with van der Waals surface area (Å²) in [7, 11) is 0. The number of hydrogen-bond donors (Lipinski definition) is 1. The monoisotopic (exact) mass is 387 g/mol. The molecule has 0 saturated heterocycles. The van der Waals surface area contributed by atoms with Gasteiger partial charge in [-0.25, -0.2) is 4.98 Å². The molecule has 1 aliphatic carbocycles. The minimum absolute atomic E-state index is 0.181. The van der Waals surface area contributed by atoms with Crippen LogP contribution in [0.15, 0.2) is 42.6 Å². The molecular formula is C21H20F3N3O. The third kappa shape index (κ3) is 3.88. The van der Waals surface area contributed by atoms with Gasteiger partial charge in [-0.15, -0.1) is 0 Å². The van der Waals surface area contributed by atoms with Crippen molar-refractivity contribution in [3.8, 4) is 0 Å². The Kier molecular flexibility index (Phi) is 4.61. The average molecular weight is 387 g/mol. The van der Waals surface area contributed by atoms with Crippen molar-refractivity contribution < 1.29 is 18.0 Å². The van der Waals surface area contributed by atoms with Gasteiger partial charge in [-0.1, -0.05) is 12.1 Å². The molecule has 0 aliphatic heterocycles. The number of rotatable bonds is 5. The number of benzene rings is 1. The highest BCUT2D eigenvalue weighted by Crippen LogP contribution is 2.41. The SMILES string of the molecule is Cc1c(C2CC2)nc2ccc(NC(=O)CCc3ccc(C(F)(F)F)cc3)cn12. The number of carbonyl (C=O) groups excluding carboxylic acids is 1. The number of aromatic nitrogens is 2. The molecule has 1 fully saturated rings. The fourth-order valence-electron chi connectivity index (χ4n) is 3.34. The van der Waals surface area contributed by atoms with Crippen molar-refractivity contribution in [1.29, 1.82) is 0 Å². The molecule has 1 aromatic carbocycles. The van der Waals surface area contributed by atoms with Gasteiger partial charge in [0.25, 0.3) is 0 Å². The Hall–Kier alpha value is -2.83. The number of alkyl halides is 3. The van der Waals surface area contributed by atoms with Crippen molar-refractivity contribution in [3.63, 3.8) is 0 Å². The van der Waals surface area contributed by atoms with Crippen LogP contribution in [0.5, 0.6) is 0 Å². The molecule has 1 N–H and O–H groups in total. The van der Waals surface area contributed by atoms with Crippen LogP contribution in [0.2, 0.25) is 0 Å². The number of imidazole rings is 1. The molecule has 1 saturated carbocycles. The molecule has 0 atom stereocenters. The third-order valence-electron chi connectivity index (χ3n) is 5.06. The number of pyridine rings is 1. The Morgan fingerprint density at radius 3 is 2.54 bits per heavy atom. The van der Waals surface area contributed by atoms with Crippen LogP contribution in [0.1, 0.15) is 47.7 Å². The fraction of sp³-hybridized carbons (Fsp3) is 0.333. The first-order valence-corrected chi connectivity index (χ1v) is 9.26. The van der Waals surface area contributed by atoms with Crippen LogP contribution in [0.25, 0.3) is 5.65 Å². The molecule has 3 aromatic rings. The molecule has 1 amide bonds. The molecule has 4 rings (SSSR count). The van der Waals surface area contributed by atoms with Crippen LogP contribution in [0.3, 0.4) is 0 Å². The highest BCUT2D eigenvalue weighted by molar-refractivity contribution is 5.90. The van der Waals surface area contributed by atoms with E-state index in [4.69, 9.17) is 0 Å². The van der Waals surface area contributed by atoms with E-state index >= 15 is 0 Å². The summed E-state index contributed by atoms with van der Waals surface area (Å²) in [6, 6.07) is 8.60. The molecule has 0 bridgehead atoms. The first-order valence-electron chi connectivity index (χ1n) is 9.26.